The summed E-state index contributed by atoms with van der Waals surface area (Å²) in [7, 11) is 0. The van der Waals surface area contributed by atoms with Crippen molar-refractivity contribution in [3.05, 3.63) is 29.8 Å². The first kappa shape index (κ1) is 18.3. The predicted molar refractivity (Wildman–Crippen MR) is 105 cm³/mol. The van der Waals surface area contributed by atoms with Gasteiger partial charge in [0.15, 0.2) is 5.11 Å². The fraction of sp³-hybridized carbons (Fsp3) is 0.650. The highest BCUT2D eigenvalue weighted by molar-refractivity contribution is 7.80. The van der Waals surface area contributed by atoms with Crippen LogP contribution in [0.1, 0.15) is 70.8 Å². The fourth-order valence-corrected chi connectivity index (χ4v) is 3.79. The molecule has 1 aromatic carbocycles. The molecule has 0 saturated carbocycles. The van der Waals surface area contributed by atoms with Gasteiger partial charge in [0.05, 0.1) is 0 Å². The fourth-order valence-electron chi connectivity index (χ4n) is 3.41. The highest BCUT2D eigenvalue weighted by Gasteiger charge is 2.28. The van der Waals surface area contributed by atoms with E-state index in [-0.39, 0.29) is 0 Å². The van der Waals surface area contributed by atoms with Crippen LogP contribution in [0.3, 0.4) is 0 Å². The first-order chi connectivity index (χ1) is 11.2. The number of anilines is 1. The molecule has 0 fully saturated rings. The minimum Gasteiger partial charge on any atom is -0.362 e. The maximum absolute atomic E-state index is 5.63. The van der Waals surface area contributed by atoms with Gasteiger partial charge in [-0.1, -0.05) is 70.1 Å². The van der Waals surface area contributed by atoms with Crippen molar-refractivity contribution in [2.24, 2.45) is 0 Å². The van der Waals surface area contributed by atoms with Crippen LogP contribution in [0.2, 0.25) is 0 Å². The van der Waals surface area contributed by atoms with Crippen LogP contribution >= 0.6 is 12.2 Å². The van der Waals surface area contributed by atoms with Gasteiger partial charge < -0.3 is 10.2 Å². The normalized spacial score (nSPS) is 16.4. The van der Waals surface area contributed by atoms with Crippen LogP contribution in [0, 0.1) is 0 Å². The summed E-state index contributed by atoms with van der Waals surface area (Å²) >= 11 is 5.63. The second-order valence-electron chi connectivity index (χ2n) is 6.76. The molecular formula is C20H32N2S. The second-order valence-corrected chi connectivity index (χ2v) is 7.15. The van der Waals surface area contributed by atoms with Crippen LogP contribution in [0.4, 0.5) is 5.69 Å². The van der Waals surface area contributed by atoms with Crippen molar-refractivity contribution in [2.75, 3.05) is 11.4 Å². The Morgan fingerprint density at radius 3 is 2.48 bits per heavy atom. The molecule has 1 aliphatic heterocycles. The molecule has 1 aliphatic rings. The van der Waals surface area contributed by atoms with Gasteiger partial charge in [-0.05, 0) is 43.6 Å². The minimum absolute atomic E-state index is 0.464. The van der Waals surface area contributed by atoms with Crippen molar-refractivity contribution in [3.8, 4) is 0 Å². The number of hydrogen-bond acceptors (Lipinski definition) is 1. The average molecular weight is 333 g/mol. The van der Waals surface area contributed by atoms with Gasteiger partial charge in [0.25, 0.3) is 0 Å². The van der Waals surface area contributed by atoms with Crippen LogP contribution in [0.15, 0.2) is 24.3 Å². The molecule has 1 aromatic rings. The Labute approximate surface area is 147 Å². The van der Waals surface area contributed by atoms with Crippen LogP contribution < -0.4 is 10.2 Å². The van der Waals surface area contributed by atoms with Gasteiger partial charge in [0, 0.05) is 18.3 Å². The van der Waals surface area contributed by atoms with E-state index in [0.717, 1.165) is 18.1 Å². The smallest absolute Gasteiger partial charge is 0.173 e. The third-order valence-electron chi connectivity index (χ3n) is 4.73. The summed E-state index contributed by atoms with van der Waals surface area (Å²) in [5.74, 6) is 0. The van der Waals surface area contributed by atoms with E-state index in [9.17, 15) is 0 Å². The molecule has 0 saturated heterocycles. The molecular weight excluding hydrogens is 300 g/mol. The molecule has 0 bridgehead atoms. The zero-order chi connectivity index (χ0) is 16.5. The summed E-state index contributed by atoms with van der Waals surface area (Å²) in [5.41, 5.74) is 2.70. The largest absolute Gasteiger partial charge is 0.362 e. The number of unbranched alkanes of at least 4 members (excludes halogenated alkanes) is 7. The summed E-state index contributed by atoms with van der Waals surface area (Å²) in [5, 5.41) is 4.36. The Hall–Kier alpha value is -1.09. The molecule has 3 heteroatoms. The van der Waals surface area contributed by atoms with E-state index in [1.165, 1.54) is 62.6 Å². The third-order valence-corrected chi connectivity index (χ3v) is 5.07. The van der Waals surface area contributed by atoms with Crippen LogP contribution in [0.5, 0.6) is 0 Å². The van der Waals surface area contributed by atoms with Crippen LogP contribution in [-0.4, -0.2) is 17.7 Å². The molecule has 2 rings (SSSR count). The maximum atomic E-state index is 5.63. The zero-order valence-electron chi connectivity index (χ0n) is 14.8. The number of fused-ring (bicyclic) bond motifs is 1. The van der Waals surface area contributed by atoms with Gasteiger partial charge in [0.1, 0.15) is 0 Å². The number of para-hydroxylation sites is 1. The minimum atomic E-state index is 0.464. The van der Waals surface area contributed by atoms with E-state index >= 15 is 0 Å². The van der Waals surface area contributed by atoms with Crippen molar-refractivity contribution >= 4 is 23.0 Å². The summed E-state index contributed by atoms with van der Waals surface area (Å²) < 4.78 is 0. The highest BCUT2D eigenvalue weighted by atomic mass is 32.1. The van der Waals surface area contributed by atoms with Gasteiger partial charge in [-0.2, -0.15) is 0 Å². The number of thiocarbonyl (C=S) groups is 1. The van der Waals surface area contributed by atoms with Gasteiger partial charge in [0.2, 0.25) is 0 Å². The molecule has 0 radical (unpaired) electrons. The topological polar surface area (TPSA) is 15.3 Å². The quantitative estimate of drug-likeness (QED) is 0.478. The van der Waals surface area contributed by atoms with Crippen LogP contribution in [-0.2, 0) is 6.42 Å². The monoisotopic (exact) mass is 332 g/mol. The Morgan fingerprint density at radius 2 is 1.74 bits per heavy atom. The van der Waals surface area contributed by atoms with E-state index < -0.39 is 0 Å². The molecule has 0 aliphatic carbocycles. The summed E-state index contributed by atoms with van der Waals surface area (Å²) in [6.07, 6.45) is 11.9. The van der Waals surface area contributed by atoms with Gasteiger partial charge >= 0.3 is 0 Å². The molecule has 1 unspecified atom stereocenters. The first-order valence-electron chi connectivity index (χ1n) is 9.39. The maximum Gasteiger partial charge on any atom is 0.173 e. The summed E-state index contributed by atoms with van der Waals surface area (Å²) in [6.45, 7) is 5.53. The van der Waals surface area contributed by atoms with Gasteiger partial charge in [-0.3, -0.25) is 0 Å². The SMILES string of the molecule is CCCCCCCCCCNC(=S)N1c2ccccc2CC1C. The van der Waals surface area contributed by atoms with Crippen molar-refractivity contribution in [2.45, 2.75) is 77.7 Å². The molecule has 128 valence electrons. The van der Waals surface area contributed by atoms with E-state index in [0.29, 0.717) is 6.04 Å². The van der Waals surface area contributed by atoms with E-state index in [1.54, 1.807) is 0 Å². The number of benzene rings is 1. The lowest BCUT2D eigenvalue weighted by Crippen LogP contribution is -2.43. The van der Waals surface area contributed by atoms with E-state index in [2.05, 4.69) is 48.3 Å². The lowest BCUT2D eigenvalue weighted by molar-refractivity contribution is 0.572. The van der Waals surface area contributed by atoms with Crippen LogP contribution in [0.25, 0.3) is 0 Å². The van der Waals surface area contributed by atoms with Crippen molar-refractivity contribution in [3.63, 3.8) is 0 Å². The number of hydrogen-bond donors (Lipinski definition) is 1. The lowest BCUT2D eigenvalue weighted by Gasteiger charge is -2.26. The van der Waals surface area contributed by atoms with Crippen molar-refractivity contribution in [1.29, 1.82) is 0 Å². The summed E-state index contributed by atoms with van der Waals surface area (Å²) in [6, 6.07) is 9.08. The Morgan fingerprint density at radius 1 is 1.09 bits per heavy atom. The predicted octanol–water partition coefficient (Wildman–Crippen LogP) is 5.45. The van der Waals surface area contributed by atoms with Gasteiger partial charge in [-0.15, -0.1) is 0 Å². The van der Waals surface area contributed by atoms with E-state index in [1.807, 2.05) is 0 Å². The zero-order valence-corrected chi connectivity index (χ0v) is 15.6. The van der Waals surface area contributed by atoms with E-state index in [4.69, 9.17) is 12.2 Å². The van der Waals surface area contributed by atoms with Crippen molar-refractivity contribution in [1.82, 2.24) is 5.32 Å². The Kier molecular flexibility index (Phi) is 7.87. The molecule has 0 aromatic heterocycles. The van der Waals surface area contributed by atoms with Crippen molar-refractivity contribution < 1.29 is 0 Å². The third kappa shape index (κ3) is 5.49. The molecule has 0 amide bonds. The standard InChI is InChI=1S/C20H32N2S/c1-3-4-5-6-7-8-9-12-15-21-20(23)22-17(2)16-18-13-10-11-14-19(18)22/h10-11,13-14,17H,3-9,12,15-16H2,1-2H3,(H,21,23). The molecule has 23 heavy (non-hydrogen) atoms. The first-order valence-corrected chi connectivity index (χ1v) is 9.79. The summed E-state index contributed by atoms with van der Waals surface area (Å²) in [4.78, 5) is 2.29. The molecule has 1 heterocycles. The molecule has 0 spiro atoms. The second kappa shape index (κ2) is 9.92. The number of nitrogens with one attached hydrogen (secondary N) is 1. The number of nitrogens with zero attached hydrogens (tertiary/aromatic N) is 1. The molecule has 1 N–H and O–H groups in total. The Bertz CT molecular complexity index is 486. The lowest BCUT2D eigenvalue weighted by atomic mass is 10.1. The average Bonchev–Trinajstić information content (AvgIpc) is 2.89. The molecule has 1 atom stereocenters. The molecule has 2 nitrogen and oxygen atoms in total. The Balaban J connectivity index is 1.62. The highest BCUT2D eigenvalue weighted by Crippen LogP contribution is 2.31. The number of rotatable bonds is 9. The van der Waals surface area contributed by atoms with Gasteiger partial charge in [-0.25, -0.2) is 0 Å².